The number of rotatable bonds is 5. The molecule has 1 aromatic rings. The average Bonchev–Trinajstić information content (AvgIpc) is 2.53. The first-order valence-electron chi connectivity index (χ1n) is 7.42. The molecule has 0 aliphatic heterocycles. The van der Waals surface area contributed by atoms with E-state index in [1.54, 1.807) is 19.1 Å². The van der Waals surface area contributed by atoms with Gasteiger partial charge in [0.15, 0.2) is 0 Å². The van der Waals surface area contributed by atoms with Gasteiger partial charge in [-0.2, -0.15) is 8.42 Å². The molecule has 9 heteroatoms. The average molecular weight is 380 g/mol. The van der Waals surface area contributed by atoms with E-state index in [9.17, 15) is 22.4 Å². The second-order valence-electron chi connectivity index (χ2n) is 4.59. The Hall–Kier alpha value is -1.84. The number of halogens is 1. The van der Waals surface area contributed by atoms with Gasteiger partial charge < -0.3 is 9.84 Å². The molecule has 0 radical (unpaired) electrons. The van der Waals surface area contributed by atoms with Gasteiger partial charge in [0, 0.05) is 13.8 Å². The van der Waals surface area contributed by atoms with Gasteiger partial charge in [0.25, 0.3) is 10.1 Å². The number of hydrogen-bond donors (Lipinski definition) is 1. The summed E-state index contributed by atoms with van der Waals surface area (Å²) in [5, 5.41) is 8.43. The molecular weight excluding hydrogens is 355 g/mol. The summed E-state index contributed by atoms with van der Waals surface area (Å²) in [6.45, 7) is 5.33. The highest BCUT2D eigenvalue weighted by Crippen LogP contribution is 2.12. The van der Waals surface area contributed by atoms with Gasteiger partial charge >= 0.3 is 11.9 Å². The van der Waals surface area contributed by atoms with Crippen LogP contribution in [0.5, 0.6) is 0 Å². The number of benzene rings is 1. The maximum atomic E-state index is 11.4. The van der Waals surface area contributed by atoms with Crippen molar-refractivity contribution in [1.29, 1.82) is 0 Å². The van der Waals surface area contributed by atoms with E-state index in [0.29, 0.717) is 6.42 Å². The highest BCUT2D eigenvalue weighted by Gasteiger charge is 2.13. The lowest BCUT2D eigenvalue weighted by Crippen LogP contribution is -2.09. The monoisotopic (exact) mass is 380 g/mol. The molecule has 1 N–H and O–H groups in total. The van der Waals surface area contributed by atoms with Crippen molar-refractivity contribution in [3.63, 3.8) is 0 Å². The predicted molar refractivity (Wildman–Crippen MR) is 90.1 cm³/mol. The largest absolute Gasteiger partial charge is 0.394 e. The number of alkyl halides is 1. The van der Waals surface area contributed by atoms with E-state index in [0.717, 1.165) is 5.56 Å². The minimum Gasteiger partial charge on any atom is -0.394 e. The van der Waals surface area contributed by atoms with Crippen molar-refractivity contribution in [1.82, 2.24) is 0 Å². The van der Waals surface area contributed by atoms with Gasteiger partial charge in [-0.15, -0.1) is 0 Å². The Morgan fingerprint density at radius 2 is 1.56 bits per heavy atom. The maximum Gasteiger partial charge on any atom is 0.310 e. The summed E-state index contributed by atoms with van der Waals surface area (Å²) in [7, 11) is -3.70. The molecule has 0 aliphatic rings. The van der Waals surface area contributed by atoms with Crippen LogP contribution in [0.25, 0.3) is 0 Å². The summed E-state index contributed by atoms with van der Waals surface area (Å²) in [6.07, 6.45) is 0.653. The van der Waals surface area contributed by atoms with Crippen LogP contribution in [0.1, 0.15) is 32.8 Å². The van der Waals surface area contributed by atoms with Gasteiger partial charge in [-0.1, -0.05) is 24.6 Å². The maximum absolute atomic E-state index is 11.4. The zero-order valence-corrected chi connectivity index (χ0v) is 15.6. The fourth-order valence-electron chi connectivity index (χ4n) is 1.12. The molecule has 0 aromatic heterocycles. The van der Waals surface area contributed by atoms with Gasteiger partial charge in [0.1, 0.15) is 0 Å². The molecule has 25 heavy (non-hydrogen) atoms. The first-order valence-corrected chi connectivity index (χ1v) is 8.83. The summed E-state index contributed by atoms with van der Waals surface area (Å²) in [6, 6.07) is 6.33. The highest BCUT2D eigenvalue weighted by molar-refractivity contribution is 7.86. The van der Waals surface area contributed by atoms with Gasteiger partial charge in [0.05, 0.1) is 24.8 Å². The van der Waals surface area contributed by atoms with Crippen molar-refractivity contribution < 1.29 is 36.4 Å². The summed E-state index contributed by atoms with van der Waals surface area (Å²) < 4.78 is 42.0. The molecule has 0 spiro atoms. The Labute approximate surface area is 147 Å². The molecular formula is C16H25FO7S. The minimum atomic E-state index is -3.70. The number of aliphatic hydroxyl groups excluding tert-OH is 1. The van der Waals surface area contributed by atoms with Crippen molar-refractivity contribution in [2.45, 2.75) is 39.0 Å². The Bertz CT molecular complexity index is 583. The van der Waals surface area contributed by atoms with E-state index in [-0.39, 0.29) is 24.8 Å². The first-order chi connectivity index (χ1) is 11.6. The molecule has 0 atom stereocenters. The number of ether oxygens (including phenoxy) is 1. The summed E-state index contributed by atoms with van der Waals surface area (Å²) in [5.41, 5.74) is 0.978. The van der Waals surface area contributed by atoms with Crippen LogP contribution in [0.3, 0.4) is 0 Å². The van der Waals surface area contributed by atoms with Crippen molar-refractivity contribution in [2.24, 2.45) is 0 Å². The van der Waals surface area contributed by atoms with Crippen molar-refractivity contribution in [3.8, 4) is 0 Å². The Balaban J connectivity index is 0. The number of aryl methyl sites for hydroxylation is 1. The van der Waals surface area contributed by atoms with Gasteiger partial charge in [-0.25, -0.2) is 0 Å². The van der Waals surface area contributed by atoms with Crippen LogP contribution in [0.15, 0.2) is 29.2 Å². The molecule has 0 bridgehead atoms. The number of carbonyl (C=O) groups is 2. The summed E-state index contributed by atoms with van der Waals surface area (Å²) >= 11 is 0. The quantitative estimate of drug-likeness (QED) is 0.474. The van der Waals surface area contributed by atoms with Crippen molar-refractivity contribution >= 4 is 22.1 Å². The number of esters is 2. The van der Waals surface area contributed by atoms with E-state index >= 15 is 0 Å². The molecule has 1 rings (SSSR count). The molecule has 0 saturated heterocycles. The van der Waals surface area contributed by atoms with Crippen LogP contribution < -0.4 is 0 Å². The fraction of sp³-hybridized carbons (Fsp3) is 0.500. The smallest absolute Gasteiger partial charge is 0.310 e. The number of carbonyl (C=O) groups excluding carboxylic acids is 2. The van der Waals surface area contributed by atoms with Gasteiger partial charge in [-0.05, 0) is 25.5 Å². The van der Waals surface area contributed by atoms with Crippen molar-refractivity contribution in [2.75, 3.05) is 19.9 Å². The molecule has 0 fully saturated rings. The fourth-order valence-corrected chi connectivity index (χ4v) is 2.02. The second kappa shape index (κ2) is 14.5. The normalized spacial score (nSPS) is 9.84. The van der Waals surface area contributed by atoms with Crippen LogP contribution in [-0.2, 0) is 28.6 Å². The van der Waals surface area contributed by atoms with E-state index in [1.807, 2.05) is 6.92 Å². The second-order valence-corrected chi connectivity index (χ2v) is 6.20. The zero-order chi connectivity index (χ0) is 19.9. The molecule has 0 amide bonds. The Morgan fingerprint density at radius 3 is 1.84 bits per heavy atom. The third kappa shape index (κ3) is 15.4. The lowest BCUT2D eigenvalue weighted by Gasteiger charge is -2.03. The molecule has 7 nitrogen and oxygen atoms in total. The molecule has 1 aromatic carbocycles. The van der Waals surface area contributed by atoms with Crippen LogP contribution >= 0.6 is 0 Å². The van der Waals surface area contributed by atoms with Gasteiger partial charge in [0.2, 0.25) is 0 Å². The summed E-state index contributed by atoms with van der Waals surface area (Å²) in [4.78, 5) is 19.7. The number of aliphatic hydroxyl groups is 1. The van der Waals surface area contributed by atoms with Crippen LogP contribution in [0, 0.1) is 6.92 Å². The zero-order valence-electron chi connectivity index (χ0n) is 14.8. The molecule has 144 valence electrons. The summed E-state index contributed by atoms with van der Waals surface area (Å²) in [5.74, 6) is -1.12. The molecule has 0 unspecified atom stereocenters. The lowest BCUT2D eigenvalue weighted by atomic mass is 10.2. The third-order valence-electron chi connectivity index (χ3n) is 2.12. The minimum absolute atomic E-state index is 0.108. The SMILES string of the molecule is CC(=O)OC(C)=O.CCCF.Cc1ccc(S(=O)(=O)OCCO)cc1. The van der Waals surface area contributed by atoms with E-state index in [4.69, 9.17) is 5.11 Å². The molecule has 0 heterocycles. The van der Waals surface area contributed by atoms with E-state index < -0.39 is 22.1 Å². The molecule has 0 aliphatic carbocycles. The topological polar surface area (TPSA) is 107 Å². The van der Waals surface area contributed by atoms with Gasteiger partial charge in [-0.3, -0.25) is 18.2 Å². The van der Waals surface area contributed by atoms with Crippen LogP contribution in [0.2, 0.25) is 0 Å². The number of hydrogen-bond acceptors (Lipinski definition) is 7. The Kier molecular flexibility index (Phi) is 14.7. The standard InChI is InChI=1S/C9H12O4S.C4H6O3.C3H7F/c1-8-2-4-9(5-3-8)14(11,12)13-7-6-10;1-3(5)7-4(2)6;1-2-3-4/h2-5,10H,6-7H2,1H3;1-2H3;2-3H2,1H3. The predicted octanol–water partition coefficient (Wildman–Crippen LogP) is 2.15. The first kappa shape index (κ1) is 25.4. The molecule has 0 saturated carbocycles. The lowest BCUT2D eigenvalue weighted by molar-refractivity contribution is -0.156. The van der Waals surface area contributed by atoms with Crippen LogP contribution in [0.4, 0.5) is 4.39 Å². The van der Waals surface area contributed by atoms with E-state index in [1.165, 1.54) is 26.0 Å². The highest BCUT2D eigenvalue weighted by atomic mass is 32.2. The third-order valence-corrected chi connectivity index (χ3v) is 3.44. The van der Waals surface area contributed by atoms with Crippen LogP contribution in [-0.4, -0.2) is 45.4 Å². The Morgan fingerprint density at radius 1 is 1.12 bits per heavy atom. The van der Waals surface area contributed by atoms with E-state index in [2.05, 4.69) is 8.92 Å². The van der Waals surface area contributed by atoms with Crippen molar-refractivity contribution in [3.05, 3.63) is 29.8 Å².